The zero-order chi connectivity index (χ0) is 26.0. The highest BCUT2D eigenvalue weighted by Gasteiger charge is 2.46. The Morgan fingerprint density at radius 2 is 1.03 bits per heavy atom. The van der Waals surface area contributed by atoms with Gasteiger partial charge in [0, 0.05) is 6.54 Å². The molecule has 3 rings (SSSR count). The van der Waals surface area contributed by atoms with Gasteiger partial charge in [-0.25, -0.2) is 4.79 Å². The predicted octanol–water partition coefficient (Wildman–Crippen LogP) is 9.71. The van der Waals surface area contributed by atoms with Gasteiger partial charge in [-0.2, -0.15) is 0 Å². The van der Waals surface area contributed by atoms with Crippen LogP contribution in [0.5, 0.6) is 0 Å². The van der Waals surface area contributed by atoms with E-state index in [1.165, 1.54) is 89.9 Å². The Morgan fingerprint density at radius 1 is 0.595 bits per heavy atom. The van der Waals surface area contributed by atoms with E-state index < -0.39 is 0 Å². The lowest BCUT2D eigenvalue weighted by Crippen LogP contribution is -2.26. The van der Waals surface area contributed by atoms with E-state index in [4.69, 9.17) is 4.74 Å². The highest BCUT2D eigenvalue weighted by molar-refractivity contribution is 5.66. The lowest BCUT2D eigenvalue weighted by atomic mass is 9.82. The zero-order valence-electron chi connectivity index (χ0n) is 23.8. The number of ether oxygens (including phenoxy) is 1. The van der Waals surface area contributed by atoms with E-state index in [0.29, 0.717) is 36.2 Å². The molecule has 4 atom stereocenters. The summed E-state index contributed by atoms with van der Waals surface area (Å²) < 4.78 is 5.48. The average molecular weight is 510 g/mol. The number of amides is 1. The molecule has 37 heavy (non-hydrogen) atoms. The molecule has 0 heterocycles. The summed E-state index contributed by atoms with van der Waals surface area (Å²) in [6, 6.07) is 0. The molecule has 0 aromatic heterocycles. The van der Waals surface area contributed by atoms with E-state index in [1.54, 1.807) is 0 Å². The maximum absolute atomic E-state index is 12.1. The molecule has 1 fully saturated rings. The summed E-state index contributed by atoms with van der Waals surface area (Å²) in [5, 5.41) is 2.95. The molecule has 208 valence electrons. The molecule has 3 aliphatic carbocycles. The highest BCUT2D eigenvalue weighted by Crippen LogP contribution is 2.52. The van der Waals surface area contributed by atoms with Gasteiger partial charge in [-0.3, -0.25) is 0 Å². The molecule has 0 aromatic rings. The van der Waals surface area contributed by atoms with Crippen LogP contribution >= 0.6 is 0 Å². The lowest BCUT2D eigenvalue weighted by molar-refractivity contribution is 0.140. The van der Waals surface area contributed by atoms with Crippen molar-refractivity contribution in [1.82, 2.24) is 5.32 Å². The van der Waals surface area contributed by atoms with Crippen LogP contribution in [0.3, 0.4) is 0 Å². The molecule has 0 bridgehead atoms. The van der Waals surface area contributed by atoms with Gasteiger partial charge < -0.3 is 10.1 Å². The quantitative estimate of drug-likeness (QED) is 0.166. The Labute approximate surface area is 228 Å². The average Bonchev–Trinajstić information content (AvgIpc) is 3.24. The number of alkyl carbamates (subject to hydrolysis) is 1. The number of allylic oxidation sites excluding steroid dienone is 8. The van der Waals surface area contributed by atoms with Crippen LogP contribution < -0.4 is 5.32 Å². The minimum atomic E-state index is -0.242. The van der Waals surface area contributed by atoms with Crippen LogP contribution in [0.25, 0.3) is 0 Å². The van der Waals surface area contributed by atoms with Crippen LogP contribution in [0.15, 0.2) is 48.6 Å². The second-order valence-corrected chi connectivity index (χ2v) is 11.7. The Hall–Kier alpha value is -1.77. The molecule has 0 saturated heterocycles. The fraction of sp³-hybridized carbons (Fsp3) is 0.735. The van der Waals surface area contributed by atoms with Crippen molar-refractivity contribution in [2.75, 3.05) is 13.2 Å². The van der Waals surface area contributed by atoms with Crippen LogP contribution in [0.2, 0.25) is 0 Å². The molecule has 0 radical (unpaired) electrons. The van der Waals surface area contributed by atoms with Crippen molar-refractivity contribution < 1.29 is 9.53 Å². The van der Waals surface area contributed by atoms with E-state index in [9.17, 15) is 4.79 Å². The monoisotopic (exact) mass is 509 g/mol. The SMILES string of the molecule is CCCCCCCCCCCCCCCCCNC(=O)OCCCC1C2C=CC=CC2C2C=CC=CC21. The molecule has 3 heteroatoms. The third kappa shape index (κ3) is 10.9. The Kier molecular flexibility index (Phi) is 14.9. The summed E-state index contributed by atoms with van der Waals surface area (Å²) in [4.78, 5) is 12.1. The van der Waals surface area contributed by atoms with Crippen LogP contribution in [-0.4, -0.2) is 19.2 Å². The Morgan fingerprint density at radius 3 is 1.51 bits per heavy atom. The van der Waals surface area contributed by atoms with Crippen molar-refractivity contribution in [2.45, 2.75) is 116 Å². The van der Waals surface area contributed by atoms with Crippen molar-refractivity contribution in [3.8, 4) is 0 Å². The lowest BCUT2D eigenvalue weighted by Gasteiger charge is -2.24. The van der Waals surface area contributed by atoms with E-state index in [-0.39, 0.29) is 6.09 Å². The van der Waals surface area contributed by atoms with Crippen molar-refractivity contribution >= 4 is 6.09 Å². The maximum atomic E-state index is 12.1. The number of carbonyl (C=O) groups excluding carboxylic acids is 1. The van der Waals surface area contributed by atoms with Gasteiger partial charge in [0.15, 0.2) is 0 Å². The molecule has 0 aliphatic heterocycles. The van der Waals surface area contributed by atoms with Gasteiger partial charge in [0.25, 0.3) is 0 Å². The summed E-state index contributed by atoms with van der Waals surface area (Å²) in [6.45, 7) is 3.55. The van der Waals surface area contributed by atoms with E-state index >= 15 is 0 Å². The van der Waals surface area contributed by atoms with Gasteiger partial charge in [-0.05, 0) is 48.9 Å². The first-order valence-corrected chi connectivity index (χ1v) is 15.9. The molecule has 0 spiro atoms. The Bertz CT molecular complexity index is 702. The van der Waals surface area contributed by atoms with Crippen molar-refractivity contribution in [1.29, 1.82) is 0 Å². The second-order valence-electron chi connectivity index (χ2n) is 11.7. The van der Waals surface area contributed by atoms with Crippen LogP contribution in [0, 0.1) is 29.6 Å². The van der Waals surface area contributed by atoms with Gasteiger partial charge in [0.1, 0.15) is 0 Å². The molecule has 1 amide bonds. The number of unbranched alkanes of at least 4 members (excludes halogenated alkanes) is 14. The largest absolute Gasteiger partial charge is 0.450 e. The first-order chi connectivity index (χ1) is 18.3. The summed E-state index contributed by atoms with van der Waals surface area (Å²) in [6.07, 6.45) is 40.7. The molecule has 1 N–H and O–H groups in total. The molecule has 3 aliphatic rings. The number of fused-ring (bicyclic) bond motifs is 3. The summed E-state index contributed by atoms with van der Waals surface area (Å²) >= 11 is 0. The Balaban J connectivity index is 1.10. The normalized spacial score (nSPS) is 25.3. The van der Waals surface area contributed by atoms with Crippen LogP contribution in [-0.2, 0) is 4.74 Å². The summed E-state index contributed by atoms with van der Waals surface area (Å²) in [5.41, 5.74) is 0. The topological polar surface area (TPSA) is 38.3 Å². The predicted molar refractivity (Wildman–Crippen MR) is 158 cm³/mol. The van der Waals surface area contributed by atoms with Gasteiger partial charge >= 0.3 is 6.09 Å². The van der Waals surface area contributed by atoms with Crippen LogP contribution in [0.4, 0.5) is 4.79 Å². The fourth-order valence-electron chi connectivity index (χ4n) is 6.77. The molecular formula is C34H55NO2. The van der Waals surface area contributed by atoms with Crippen molar-refractivity contribution in [3.05, 3.63) is 48.6 Å². The number of nitrogens with one attached hydrogen (secondary N) is 1. The third-order valence-electron chi connectivity index (χ3n) is 8.84. The standard InChI is InChI=1S/C34H55NO2/c1-2-3-4-5-6-7-8-9-10-11-12-13-14-15-20-27-35-34(36)37-28-21-26-33-31-24-18-16-22-29(31)30-23-17-19-25-32(30)33/h16-19,22-25,29-33H,2-15,20-21,26-28H2,1H3,(H,35,36). The van der Waals surface area contributed by atoms with Crippen LogP contribution in [0.1, 0.15) is 116 Å². The molecule has 4 unspecified atom stereocenters. The highest BCUT2D eigenvalue weighted by atomic mass is 16.5. The number of carbonyl (C=O) groups is 1. The van der Waals surface area contributed by atoms with Gasteiger partial charge in [0.05, 0.1) is 6.61 Å². The second kappa shape index (κ2) is 18.5. The van der Waals surface area contributed by atoms with E-state index in [0.717, 1.165) is 25.8 Å². The summed E-state index contributed by atoms with van der Waals surface area (Å²) in [7, 11) is 0. The first-order valence-electron chi connectivity index (χ1n) is 15.9. The smallest absolute Gasteiger partial charge is 0.407 e. The van der Waals surface area contributed by atoms with E-state index in [2.05, 4.69) is 60.8 Å². The number of hydrogen-bond acceptors (Lipinski definition) is 2. The van der Waals surface area contributed by atoms with E-state index in [1.807, 2.05) is 0 Å². The summed E-state index contributed by atoms with van der Waals surface area (Å²) in [5.74, 6) is 3.13. The van der Waals surface area contributed by atoms with Gasteiger partial charge in [-0.15, -0.1) is 0 Å². The molecular weight excluding hydrogens is 454 g/mol. The third-order valence-corrected chi connectivity index (χ3v) is 8.84. The fourth-order valence-corrected chi connectivity index (χ4v) is 6.77. The maximum Gasteiger partial charge on any atom is 0.407 e. The van der Waals surface area contributed by atoms with Gasteiger partial charge in [0.2, 0.25) is 0 Å². The molecule has 1 saturated carbocycles. The minimum Gasteiger partial charge on any atom is -0.450 e. The van der Waals surface area contributed by atoms with Crippen molar-refractivity contribution in [2.24, 2.45) is 29.6 Å². The molecule has 0 aromatic carbocycles. The zero-order valence-corrected chi connectivity index (χ0v) is 23.8. The van der Waals surface area contributed by atoms with Crippen molar-refractivity contribution in [3.63, 3.8) is 0 Å². The molecule has 3 nitrogen and oxygen atoms in total. The number of hydrogen-bond donors (Lipinski definition) is 1. The van der Waals surface area contributed by atoms with Gasteiger partial charge in [-0.1, -0.05) is 145 Å². The number of rotatable bonds is 20. The minimum absolute atomic E-state index is 0.242. The first kappa shape index (κ1) is 29.8.